The number of rotatable bonds is 4. The van der Waals surface area contributed by atoms with Crippen molar-refractivity contribution in [2.75, 3.05) is 5.32 Å². The smallest absolute Gasteiger partial charge is 0.370 e. The van der Waals surface area contributed by atoms with E-state index in [4.69, 9.17) is 11.5 Å². The summed E-state index contributed by atoms with van der Waals surface area (Å²) >= 11 is 0. The predicted octanol–water partition coefficient (Wildman–Crippen LogP) is 0.986. The fourth-order valence-electron chi connectivity index (χ4n) is 1.33. The summed E-state index contributed by atoms with van der Waals surface area (Å²) in [5.74, 6) is -2.93. The minimum atomic E-state index is -4.68. The molecule has 0 saturated heterocycles. The van der Waals surface area contributed by atoms with Gasteiger partial charge < -0.3 is 16.8 Å². The van der Waals surface area contributed by atoms with Crippen LogP contribution in [0.25, 0.3) is 0 Å². The van der Waals surface area contributed by atoms with E-state index in [9.17, 15) is 27.2 Å². The first-order valence-electron chi connectivity index (χ1n) is 5.32. The number of carbonyl (C=O) groups is 2. The Kier molecular flexibility index (Phi) is 4.66. The zero-order chi connectivity index (χ0) is 15.5. The maximum Gasteiger partial charge on any atom is 0.416 e. The number of nitrogens with two attached hydrogens (primary N) is 2. The molecule has 5 N–H and O–H groups in total. The molecule has 0 aromatic heterocycles. The third-order valence-corrected chi connectivity index (χ3v) is 2.31. The van der Waals surface area contributed by atoms with E-state index in [0.717, 1.165) is 0 Å². The zero-order valence-corrected chi connectivity index (χ0v) is 10.00. The highest BCUT2D eigenvalue weighted by molar-refractivity contribution is 5.97. The number of anilines is 1. The summed E-state index contributed by atoms with van der Waals surface area (Å²) in [5.41, 5.74) is 8.29. The average molecular weight is 293 g/mol. The summed E-state index contributed by atoms with van der Waals surface area (Å²) < 4.78 is 50.7. The molecule has 0 saturated carbocycles. The molecule has 0 radical (unpaired) electrons. The lowest BCUT2D eigenvalue weighted by molar-refractivity contribution is -0.137. The molecule has 1 atom stereocenters. The van der Waals surface area contributed by atoms with Crippen molar-refractivity contribution in [3.63, 3.8) is 0 Å². The number of halogens is 4. The lowest BCUT2D eigenvalue weighted by Gasteiger charge is -2.13. The van der Waals surface area contributed by atoms with Gasteiger partial charge in [0.15, 0.2) is 0 Å². The van der Waals surface area contributed by atoms with Crippen LogP contribution in [0.1, 0.15) is 12.0 Å². The molecule has 9 heteroatoms. The normalized spacial score (nSPS) is 12.8. The Labute approximate surface area is 110 Å². The maximum atomic E-state index is 13.3. The molecule has 0 fully saturated rings. The van der Waals surface area contributed by atoms with Crippen LogP contribution in [0.15, 0.2) is 18.2 Å². The van der Waals surface area contributed by atoms with Gasteiger partial charge in [0, 0.05) is 0 Å². The fraction of sp³-hybridized carbons (Fsp3) is 0.273. The lowest BCUT2D eigenvalue weighted by Crippen LogP contribution is -2.39. The molecular weight excluding hydrogens is 282 g/mol. The summed E-state index contributed by atoms with van der Waals surface area (Å²) in [4.78, 5) is 22.0. The van der Waals surface area contributed by atoms with Gasteiger partial charge in [-0.25, -0.2) is 4.39 Å². The van der Waals surface area contributed by atoms with Gasteiger partial charge in [-0.05, 0) is 18.2 Å². The second kappa shape index (κ2) is 5.87. The minimum Gasteiger partial charge on any atom is -0.370 e. The SMILES string of the molecule is NC(=O)CC(N)C(=O)Nc1cc(C(F)(F)F)ccc1F. The third kappa shape index (κ3) is 4.19. The largest absolute Gasteiger partial charge is 0.416 e. The number of hydrogen-bond donors (Lipinski definition) is 3. The molecule has 0 bridgehead atoms. The van der Waals surface area contributed by atoms with Crippen LogP contribution in [0.4, 0.5) is 23.2 Å². The minimum absolute atomic E-state index is 0.435. The lowest BCUT2D eigenvalue weighted by atomic mass is 10.1. The van der Waals surface area contributed by atoms with Gasteiger partial charge in [0.2, 0.25) is 11.8 Å². The van der Waals surface area contributed by atoms with Crippen LogP contribution in [-0.4, -0.2) is 17.9 Å². The molecule has 20 heavy (non-hydrogen) atoms. The third-order valence-electron chi connectivity index (χ3n) is 2.31. The number of benzene rings is 1. The van der Waals surface area contributed by atoms with Crippen LogP contribution in [0.5, 0.6) is 0 Å². The standard InChI is InChI=1S/C11H11F4N3O2/c12-6-2-1-5(11(13,14)15)3-8(6)18-10(20)7(16)4-9(17)19/h1-3,7H,4,16H2,(H2,17,19)(H,18,20). The maximum absolute atomic E-state index is 13.3. The van der Waals surface area contributed by atoms with Gasteiger partial charge >= 0.3 is 6.18 Å². The summed E-state index contributed by atoms with van der Waals surface area (Å²) in [6.45, 7) is 0. The van der Waals surface area contributed by atoms with Gasteiger partial charge in [0.05, 0.1) is 23.7 Å². The van der Waals surface area contributed by atoms with Gasteiger partial charge in [0.1, 0.15) is 5.82 Å². The van der Waals surface area contributed by atoms with E-state index in [1.54, 1.807) is 0 Å². The van der Waals surface area contributed by atoms with E-state index in [0.29, 0.717) is 18.2 Å². The Morgan fingerprint density at radius 2 is 1.90 bits per heavy atom. The zero-order valence-electron chi connectivity index (χ0n) is 10.00. The summed E-state index contributed by atoms with van der Waals surface area (Å²) in [5, 5.41) is 1.88. The number of primary amides is 1. The molecular formula is C11H11F4N3O2. The molecule has 2 amide bonds. The fourth-order valence-corrected chi connectivity index (χ4v) is 1.33. The van der Waals surface area contributed by atoms with E-state index in [1.165, 1.54) is 0 Å². The Balaban J connectivity index is 2.92. The molecule has 0 aliphatic carbocycles. The monoisotopic (exact) mass is 293 g/mol. The van der Waals surface area contributed by atoms with Crippen molar-refractivity contribution in [1.29, 1.82) is 0 Å². The van der Waals surface area contributed by atoms with Crippen molar-refractivity contribution in [3.05, 3.63) is 29.6 Å². The number of amides is 2. The van der Waals surface area contributed by atoms with Crippen molar-refractivity contribution < 1.29 is 27.2 Å². The van der Waals surface area contributed by atoms with Crippen LogP contribution in [0, 0.1) is 5.82 Å². The van der Waals surface area contributed by atoms with Crippen molar-refractivity contribution in [2.45, 2.75) is 18.6 Å². The number of nitrogens with one attached hydrogen (secondary N) is 1. The number of hydrogen-bond acceptors (Lipinski definition) is 3. The summed E-state index contributed by atoms with van der Waals surface area (Å²) in [6, 6.07) is 0.165. The molecule has 110 valence electrons. The second-order valence-corrected chi connectivity index (χ2v) is 3.96. The van der Waals surface area contributed by atoms with Crippen molar-refractivity contribution >= 4 is 17.5 Å². The topological polar surface area (TPSA) is 98.2 Å². The van der Waals surface area contributed by atoms with Crippen LogP contribution in [-0.2, 0) is 15.8 Å². The summed E-state index contributed by atoms with van der Waals surface area (Å²) in [6.07, 6.45) is -5.19. The molecule has 0 heterocycles. The Morgan fingerprint density at radius 3 is 2.40 bits per heavy atom. The van der Waals surface area contributed by atoms with Gasteiger partial charge in [-0.2, -0.15) is 13.2 Å². The van der Waals surface area contributed by atoms with Crippen LogP contribution in [0.2, 0.25) is 0 Å². The van der Waals surface area contributed by atoms with Crippen LogP contribution < -0.4 is 16.8 Å². The molecule has 1 aromatic rings. The first-order chi connectivity index (χ1) is 9.11. The van der Waals surface area contributed by atoms with Gasteiger partial charge in [-0.3, -0.25) is 9.59 Å². The molecule has 0 spiro atoms. The first kappa shape index (κ1) is 15.9. The van der Waals surface area contributed by atoms with E-state index >= 15 is 0 Å². The molecule has 1 aromatic carbocycles. The van der Waals surface area contributed by atoms with E-state index in [1.807, 2.05) is 5.32 Å². The molecule has 1 rings (SSSR count). The van der Waals surface area contributed by atoms with Crippen LogP contribution in [0.3, 0.4) is 0 Å². The average Bonchev–Trinajstić information content (AvgIpc) is 2.29. The van der Waals surface area contributed by atoms with Crippen molar-refractivity contribution in [1.82, 2.24) is 0 Å². The van der Waals surface area contributed by atoms with Gasteiger partial charge in [0.25, 0.3) is 0 Å². The van der Waals surface area contributed by atoms with Gasteiger partial charge in [-0.1, -0.05) is 0 Å². The van der Waals surface area contributed by atoms with E-state index < -0.39 is 47.5 Å². The highest BCUT2D eigenvalue weighted by Gasteiger charge is 2.31. The highest BCUT2D eigenvalue weighted by Crippen LogP contribution is 2.31. The first-order valence-corrected chi connectivity index (χ1v) is 5.32. The van der Waals surface area contributed by atoms with Gasteiger partial charge in [-0.15, -0.1) is 0 Å². The van der Waals surface area contributed by atoms with Crippen molar-refractivity contribution in [2.24, 2.45) is 11.5 Å². The Hall–Kier alpha value is -2.16. The van der Waals surface area contributed by atoms with E-state index in [-0.39, 0.29) is 0 Å². The quantitative estimate of drug-likeness (QED) is 0.722. The predicted molar refractivity (Wildman–Crippen MR) is 61.8 cm³/mol. The van der Waals surface area contributed by atoms with Crippen LogP contribution >= 0.6 is 0 Å². The van der Waals surface area contributed by atoms with Crippen molar-refractivity contribution in [3.8, 4) is 0 Å². The summed E-state index contributed by atoms with van der Waals surface area (Å²) in [7, 11) is 0. The second-order valence-electron chi connectivity index (χ2n) is 3.96. The Bertz CT molecular complexity index is 531. The highest BCUT2D eigenvalue weighted by atomic mass is 19.4. The molecule has 0 aliphatic heterocycles. The molecule has 5 nitrogen and oxygen atoms in total. The Morgan fingerprint density at radius 1 is 1.30 bits per heavy atom. The number of carbonyl (C=O) groups excluding carboxylic acids is 2. The molecule has 1 unspecified atom stereocenters. The molecule has 0 aliphatic rings. The number of alkyl halides is 3. The van der Waals surface area contributed by atoms with E-state index in [2.05, 4.69) is 0 Å².